The fraction of sp³-hybridized carbons (Fsp3) is 0.455. The zero-order valence-corrected chi connectivity index (χ0v) is 15.0. The van der Waals surface area contributed by atoms with Crippen LogP contribution in [0.5, 0.6) is 5.75 Å². The maximum atomic E-state index is 10.5. The number of unbranched alkanes of at least 4 members (excludes halogenated alkanes) is 2. The van der Waals surface area contributed by atoms with E-state index in [2.05, 4.69) is 70.2 Å². The van der Waals surface area contributed by atoms with Crippen LogP contribution in [0.1, 0.15) is 69.2 Å². The number of aryl methyl sites for hydroxylation is 2. The van der Waals surface area contributed by atoms with Crippen LogP contribution in [0.15, 0.2) is 42.5 Å². The van der Waals surface area contributed by atoms with Gasteiger partial charge in [0.25, 0.3) is 0 Å². The molecule has 0 unspecified atom stereocenters. The lowest BCUT2D eigenvalue weighted by molar-refractivity contribution is 0.458. The smallest absolute Gasteiger partial charge is 0.121 e. The Morgan fingerprint density at radius 2 is 1.52 bits per heavy atom. The molecule has 0 amide bonds. The van der Waals surface area contributed by atoms with Gasteiger partial charge >= 0.3 is 0 Å². The Labute approximate surface area is 141 Å². The average Bonchev–Trinajstić information content (AvgIpc) is 2.57. The molecule has 2 aromatic rings. The standard InChI is InChI=1S/C22H30O/c1-5-7-9-12-18-16-20(15-17(6-2)21(18)23)22(3,4)19-13-10-8-11-14-19/h8,10-11,13-16,23H,5-7,9,12H2,1-4H3. The van der Waals surface area contributed by atoms with E-state index in [1.54, 1.807) is 0 Å². The SMILES string of the molecule is CCCCCc1cc(C(C)(C)c2ccccc2)cc(CC)c1O. The number of rotatable bonds is 7. The molecule has 0 saturated carbocycles. The second-order valence-electron chi connectivity index (χ2n) is 6.94. The van der Waals surface area contributed by atoms with Crippen molar-refractivity contribution in [2.75, 3.05) is 0 Å². The lowest BCUT2D eigenvalue weighted by Crippen LogP contribution is -2.19. The third-order valence-electron chi connectivity index (χ3n) is 4.92. The molecule has 0 radical (unpaired) electrons. The summed E-state index contributed by atoms with van der Waals surface area (Å²) in [5.41, 5.74) is 4.73. The highest BCUT2D eigenvalue weighted by molar-refractivity contribution is 5.49. The molecule has 0 heterocycles. The van der Waals surface area contributed by atoms with Crippen molar-refractivity contribution in [3.8, 4) is 5.75 Å². The van der Waals surface area contributed by atoms with Crippen molar-refractivity contribution in [1.82, 2.24) is 0 Å². The van der Waals surface area contributed by atoms with Crippen molar-refractivity contribution in [3.63, 3.8) is 0 Å². The molecule has 0 fully saturated rings. The molecule has 0 aliphatic carbocycles. The van der Waals surface area contributed by atoms with Gasteiger partial charge < -0.3 is 5.11 Å². The Morgan fingerprint density at radius 3 is 2.13 bits per heavy atom. The minimum absolute atomic E-state index is 0.0572. The summed E-state index contributed by atoms with van der Waals surface area (Å²) in [4.78, 5) is 0. The number of hydrogen-bond donors (Lipinski definition) is 1. The molecule has 23 heavy (non-hydrogen) atoms. The van der Waals surface area contributed by atoms with E-state index in [9.17, 15) is 5.11 Å². The molecule has 2 aromatic carbocycles. The van der Waals surface area contributed by atoms with E-state index in [0.29, 0.717) is 5.75 Å². The molecule has 124 valence electrons. The predicted molar refractivity (Wildman–Crippen MR) is 99.3 cm³/mol. The van der Waals surface area contributed by atoms with Crippen molar-refractivity contribution in [1.29, 1.82) is 0 Å². The Hall–Kier alpha value is -1.76. The topological polar surface area (TPSA) is 20.2 Å². The first-order valence-electron chi connectivity index (χ1n) is 8.91. The van der Waals surface area contributed by atoms with E-state index in [1.807, 2.05) is 0 Å². The highest BCUT2D eigenvalue weighted by atomic mass is 16.3. The molecule has 1 N–H and O–H groups in total. The number of phenolic OH excluding ortho intramolecular Hbond substituents is 1. The van der Waals surface area contributed by atoms with E-state index in [-0.39, 0.29) is 5.41 Å². The quantitative estimate of drug-likeness (QED) is 0.621. The lowest BCUT2D eigenvalue weighted by atomic mass is 9.76. The van der Waals surface area contributed by atoms with Crippen LogP contribution >= 0.6 is 0 Å². The maximum absolute atomic E-state index is 10.5. The van der Waals surface area contributed by atoms with Gasteiger partial charge in [-0.2, -0.15) is 0 Å². The minimum Gasteiger partial charge on any atom is -0.507 e. The third-order valence-corrected chi connectivity index (χ3v) is 4.92. The summed E-state index contributed by atoms with van der Waals surface area (Å²) in [6, 6.07) is 15.0. The van der Waals surface area contributed by atoms with Crippen molar-refractivity contribution in [2.24, 2.45) is 0 Å². The molecule has 0 spiro atoms. The molecule has 0 aromatic heterocycles. The normalized spacial score (nSPS) is 11.7. The molecule has 0 aliphatic heterocycles. The number of hydrogen-bond acceptors (Lipinski definition) is 1. The molecule has 1 nitrogen and oxygen atoms in total. The summed E-state index contributed by atoms with van der Waals surface area (Å²) >= 11 is 0. The fourth-order valence-electron chi connectivity index (χ4n) is 3.17. The van der Waals surface area contributed by atoms with E-state index >= 15 is 0 Å². The maximum Gasteiger partial charge on any atom is 0.121 e. The minimum atomic E-state index is -0.0572. The molecule has 1 heteroatoms. The van der Waals surface area contributed by atoms with Crippen molar-refractivity contribution >= 4 is 0 Å². The van der Waals surface area contributed by atoms with Gasteiger partial charge in [-0.3, -0.25) is 0 Å². The van der Waals surface area contributed by atoms with E-state index in [1.165, 1.54) is 24.0 Å². The van der Waals surface area contributed by atoms with Gasteiger partial charge in [0.05, 0.1) is 0 Å². The second kappa shape index (κ2) is 7.68. The van der Waals surface area contributed by atoms with Crippen LogP contribution < -0.4 is 0 Å². The van der Waals surface area contributed by atoms with Crippen LogP contribution in [0.3, 0.4) is 0 Å². The molecule has 0 bridgehead atoms. The van der Waals surface area contributed by atoms with Crippen LogP contribution in [-0.2, 0) is 18.3 Å². The molecule has 0 atom stereocenters. The van der Waals surface area contributed by atoms with Crippen molar-refractivity contribution in [3.05, 3.63) is 64.7 Å². The van der Waals surface area contributed by atoms with Gasteiger partial charge in [0.2, 0.25) is 0 Å². The largest absolute Gasteiger partial charge is 0.507 e. The highest BCUT2D eigenvalue weighted by Crippen LogP contribution is 2.36. The predicted octanol–water partition coefficient (Wildman–Crippen LogP) is 6.01. The van der Waals surface area contributed by atoms with Crippen molar-refractivity contribution < 1.29 is 5.11 Å². The zero-order valence-electron chi connectivity index (χ0n) is 15.0. The van der Waals surface area contributed by atoms with Crippen LogP contribution in [0.25, 0.3) is 0 Å². The van der Waals surface area contributed by atoms with Crippen LogP contribution in [-0.4, -0.2) is 5.11 Å². The summed E-state index contributed by atoms with van der Waals surface area (Å²) in [6.07, 6.45) is 5.39. The Balaban J connectivity index is 2.43. The lowest BCUT2D eigenvalue weighted by Gasteiger charge is -2.28. The summed E-state index contributed by atoms with van der Waals surface area (Å²) < 4.78 is 0. The van der Waals surface area contributed by atoms with E-state index in [4.69, 9.17) is 0 Å². The molecular weight excluding hydrogens is 280 g/mol. The summed E-state index contributed by atoms with van der Waals surface area (Å²) in [7, 11) is 0. The number of aromatic hydroxyl groups is 1. The van der Waals surface area contributed by atoms with Gasteiger partial charge in [0, 0.05) is 5.41 Å². The average molecular weight is 310 g/mol. The third kappa shape index (κ3) is 3.96. The fourth-order valence-corrected chi connectivity index (χ4v) is 3.17. The Morgan fingerprint density at radius 1 is 0.870 bits per heavy atom. The Bertz CT molecular complexity index is 626. The van der Waals surface area contributed by atoms with E-state index in [0.717, 1.165) is 30.4 Å². The summed E-state index contributed by atoms with van der Waals surface area (Å²) in [6.45, 7) is 8.87. The zero-order chi connectivity index (χ0) is 16.9. The van der Waals surface area contributed by atoms with Gasteiger partial charge in [0.1, 0.15) is 5.75 Å². The van der Waals surface area contributed by atoms with Gasteiger partial charge in [0.15, 0.2) is 0 Å². The first-order valence-corrected chi connectivity index (χ1v) is 8.91. The Kier molecular flexibility index (Phi) is 5.87. The highest BCUT2D eigenvalue weighted by Gasteiger charge is 2.25. The number of phenols is 1. The van der Waals surface area contributed by atoms with Crippen molar-refractivity contribution in [2.45, 2.75) is 65.2 Å². The molecular formula is C22H30O. The summed E-state index contributed by atoms with van der Waals surface area (Å²) in [5, 5.41) is 10.5. The van der Waals surface area contributed by atoms with Gasteiger partial charge in [-0.1, -0.05) is 83.0 Å². The van der Waals surface area contributed by atoms with Crippen LogP contribution in [0, 0.1) is 0 Å². The molecule has 2 rings (SSSR count). The first kappa shape index (κ1) is 17.6. The van der Waals surface area contributed by atoms with Gasteiger partial charge in [-0.05, 0) is 41.5 Å². The molecule has 0 saturated heterocycles. The van der Waals surface area contributed by atoms with Gasteiger partial charge in [-0.25, -0.2) is 0 Å². The number of benzene rings is 2. The second-order valence-corrected chi connectivity index (χ2v) is 6.94. The van der Waals surface area contributed by atoms with Crippen LogP contribution in [0.4, 0.5) is 0 Å². The first-order chi connectivity index (χ1) is 11.0. The summed E-state index contributed by atoms with van der Waals surface area (Å²) in [5.74, 6) is 0.510. The monoisotopic (exact) mass is 310 g/mol. The van der Waals surface area contributed by atoms with Gasteiger partial charge in [-0.15, -0.1) is 0 Å². The van der Waals surface area contributed by atoms with Crippen LogP contribution in [0.2, 0.25) is 0 Å². The molecule has 0 aliphatic rings. The van der Waals surface area contributed by atoms with E-state index < -0.39 is 0 Å².